The van der Waals surface area contributed by atoms with Crippen molar-refractivity contribution < 1.29 is 14.6 Å². The van der Waals surface area contributed by atoms with Crippen molar-refractivity contribution in [2.75, 3.05) is 5.33 Å². The molecule has 1 aromatic rings. The number of carbonyl (C=O) groups excluding carboxylic acids is 1. The van der Waals surface area contributed by atoms with E-state index in [2.05, 4.69) is 15.9 Å². The van der Waals surface area contributed by atoms with Gasteiger partial charge in [0, 0.05) is 11.8 Å². The lowest BCUT2D eigenvalue weighted by atomic mass is 10.2. The van der Waals surface area contributed by atoms with Gasteiger partial charge in [0.15, 0.2) is 0 Å². The molecular weight excluding hydrogens is 260 g/mol. The van der Waals surface area contributed by atoms with Crippen LogP contribution in [-0.2, 0) is 11.4 Å². The summed E-state index contributed by atoms with van der Waals surface area (Å²) in [6.45, 7) is -0.00217. The summed E-state index contributed by atoms with van der Waals surface area (Å²) >= 11 is 3.25. The van der Waals surface area contributed by atoms with Crippen molar-refractivity contribution in [3.05, 3.63) is 29.8 Å². The fourth-order valence-corrected chi connectivity index (χ4v) is 1.34. The van der Waals surface area contributed by atoms with E-state index in [1.165, 1.54) is 0 Å². The van der Waals surface area contributed by atoms with Gasteiger partial charge in [-0.15, -0.1) is 0 Å². The lowest BCUT2D eigenvalue weighted by molar-refractivity contribution is -0.134. The predicted molar refractivity (Wildman–Crippen MR) is 61.0 cm³/mol. The van der Waals surface area contributed by atoms with Crippen LogP contribution in [0.4, 0.5) is 0 Å². The third kappa shape index (κ3) is 4.44. The van der Waals surface area contributed by atoms with Crippen molar-refractivity contribution >= 4 is 21.9 Å². The normalized spacial score (nSPS) is 10.0. The first kappa shape index (κ1) is 12.2. The van der Waals surface area contributed by atoms with Crippen LogP contribution in [0.5, 0.6) is 5.75 Å². The summed E-state index contributed by atoms with van der Waals surface area (Å²) in [7, 11) is 0. The van der Waals surface area contributed by atoms with Crippen molar-refractivity contribution in [3.8, 4) is 5.75 Å². The maximum Gasteiger partial charge on any atom is 0.311 e. The van der Waals surface area contributed by atoms with E-state index in [0.717, 1.165) is 17.3 Å². The molecule has 0 atom stereocenters. The van der Waals surface area contributed by atoms with Crippen LogP contribution in [0.15, 0.2) is 24.3 Å². The molecule has 0 spiro atoms. The molecule has 0 heterocycles. The van der Waals surface area contributed by atoms with E-state index in [1.807, 2.05) is 0 Å². The number of ether oxygens (including phenoxy) is 1. The molecule has 1 rings (SSSR count). The predicted octanol–water partition coefficient (Wildman–Crippen LogP) is 2.26. The Morgan fingerprint density at radius 1 is 1.33 bits per heavy atom. The molecule has 15 heavy (non-hydrogen) atoms. The van der Waals surface area contributed by atoms with Gasteiger partial charge < -0.3 is 9.84 Å². The summed E-state index contributed by atoms with van der Waals surface area (Å²) in [5, 5.41) is 9.61. The highest BCUT2D eigenvalue weighted by molar-refractivity contribution is 9.09. The van der Waals surface area contributed by atoms with Crippen LogP contribution in [0, 0.1) is 0 Å². The number of benzene rings is 1. The maximum atomic E-state index is 11.2. The minimum absolute atomic E-state index is 0.00217. The number of alkyl halides is 1. The molecule has 0 saturated heterocycles. The third-order valence-electron chi connectivity index (χ3n) is 1.85. The molecule has 0 aliphatic carbocycles. The smallest absolute Gasteiger partial charge is 0.311 e. The minimum Gasteiger partial charge on any atom is -0.427 e. The van der Waals surface area contributed by atoms with E-state index in [-0.39, 0.29) is 12.6 Å². The van der Waals surface area contributed by atoms with Gasteiger partial charge in [-0.1, -0.05) is 28.1 Å². The van der Waals surface area contributed by atoms with Crippen LogP contribution < -0.4 is 4.74 Å². The van der Waals surface area contributed by atoms with Crippen LogP contribution >= 0.6 is 15.9 Å². The summed E-state index contributed by atoms with van der Waals surface area (Å²) in [6, 6.07) is 6.81. The molecule has 1 aromatic carbocycles. The van der Waals surface area contributed by atoms with Gasteiger partial charge in [-0.25, -0.2) is 0 Å². The zero-order chi connectivity index (χ0) is 11.1. The highest BCUT2D eigenvalue weighted by Gasteiger charge is 2.03. The summed E-state index contributed by atoms with van der Waals surface area (Å²) in [5.41, 5.74) is 0.801. The highest BCUT2D eigenvalue weighted by atomic mass is 79.9. The Morgan fingerprint density at radius 2 is 2.00 bits per heavy atom. The van der Waals surface area contributed by atoms with Crippen molar-refractivity contribution in [2.45, 2.75) is 19.4 Å². The van der Waals surface area contributed by atoms with Crippen molar-refractivity contribution in [1.29, 1.82) is 0 Å². The number of carbonyl (C=O) groups is 1. The zero-order valence-corrected chi connectivity index (χ0v) is 9.87. The summed E-state index contributed by atoms with van der Waals surface area (Å²) in [5.74, 6) is 0.290. The van der Waals surface area contributed by atoms with E-state index >= 15 is 0 Å². The molecule has 0 aromatic heterocycles. The first-order valence-corrected chi connectivity index (χ1v) is 5.85. The standard InChI is InChI=1S/C11H13BrO3/c12-7-1-2-11(14)15-10-5-3-9(8-13)4-6-10/h3-6,13H,1-2,7-8H2. The van der Waals surface area contributed by atoms with Crippen molar-refractivity contribution in [3.63, 3.8) is 0 Å². The monoisotopic (exact) mass is 272 g/mol. The van der Waals surface area contributed by atoms with Gasteiger partial charge in [-0.2, -0.15) is 0 Å². The average molecular weight is 273 g/mol. The van der Waals surface area contributed by atoms with Gasteiger partial charge in [0.05, 0.1) is 6.61 Å². The fourth-order valence-electron chi connectivity index (χ4n) is 1.06. The van der Waals surface area contributed by atoms with Crippen molar-refractivity contribution in [2.24, 2.45) is 0 Å². The molecule has 82 valence electrons. The number of hydrogen-bond donors (Lipinski definition) is 1. The number of hydrogen-bond acceptors (Lipinski definition) is 3. The number of halogens is 1. The molecule has 0 saturated carbocycles. The Balaban J connectivity index is 2.46. The van der Waals surface area contributed by atoms with Gasteiger partial charge in [0.1, 0.15) is 5.75 Å². The lowest BCUT2D eigenvalue weighted by Gasteiger charge is -2.03. The molecule has 0 fully saturated rings. The van der Waals surface area contributed by atoms with Crippen LogP contribution in [0.2, 0.25) is 0 Å². The largest absolute Gasteiger partial charge is 0.427 e. The van der Waals surface area contributed by atoms with Crippen molar-refractivity contribution in [1.82, 2.24) is 0 Å². The van der Waals surface area contributed by atoms with E-state index in [0.29, 0.717) is 12.2 Å². The van der Waals surface area contributed by atoms with Crippen LogP contribution in [0.3, 0.4) is 0 Å². The molecule has 0 radical (unpaired) electrons. The molecular formula is C11H13BrO3. The molecule has 0 bridgehead atoms. The first-order chi connectivity index (χ1) is 7.26. The maximum absolute atomic E-state index is 11.2. The van der Waals surface area contributed by atoms with E-state index < -0.39 is 0 Å². The van der Waals surface area contributed by atoms with E-state index in [9.17, 15) is 4.79 Å². The second-order valence-electron chi connectivity index (χ2n) is 3.07. The fraction of sp³-hybridized carbons (Fsp3) is 0.364. The molecule has 0 amide bonds. The lowest BCUT2D eigenvalue weighted by Crippen LogP contribution is -2.07. The second kappa shape index (κ2) is 6.58. The van der Waals surface area contributed by atoms with Gasteiger partial charge in [-0.3, -0.25) is 4.79 Å². The van der Waals surface area contributed by atoms with E-state index in [4.69, 9.17) is 9.84 Å². The first-order valence-electron chi connectivity index (χ1n) is 4.72. The Hall–Kier alpha value is -0.870. The van der Waals surface area contributed by atoms with Crippen LogP contribution in [0.25, 0.3) is 0 Å². The SMILES string of the molecule is O=C(CCCBr)Oc1ccc(CO)cc1. The molecule has 0 unspecified atom stereocenters. The zero-order valence-electron chi connectivity index (χ0n) is 8.28. The molecule has 0 aliphatic rings. The van der Waals surface area contributed by atoms with Gasteiger partial charge in [0.25, 0.3) is 0 Å². The molecule has 1 N–H and O–H groups in total. The molecule has 0 aliphatic heterocycles. The number of aliphatic hydroxyl groups excluding tert-OH is 1. The van der Waals surface area contributed by atoms with Crippen LogP contribution in [0.1, 0.15) is 18.4 Å². The molecule has 4 heteroatoms. The number of aliphatic hydroxyl groups is 1. The van der Waals surface area contributed by atoms with E-state index in [1.54, 1.807) is 24.3 Å². The quantitative estimate of drug-likeness (QED) is 0.508. The van der Waals surface area contributed by atoms with Crippen LogP contribution in [-0.4, -0.2) is 16.4 Å². The summed E-state index contributed by atoms with van der Waals surface area (Å²) < 4.78 is 5.07. The Morgan fingerprint density at radius 3 is 2.53 bits per heavy atom. The Labute approximate surface area is 97.2 Å². The topological polar surface area (TPSA) is 46.5 Å². The summed E-state index contributed by atoms with van der Waals surface area (Å²) in [6.07, 6.45) is 1.18. The minimum atomic E-state index is -0.230. The number of rotatable bonds is 5. The number of esters is 1. The summed E-state index contributed by atoms with van der Waals surface area (Å²) in [4.78, 5) is 11.2. The Kier molecular flexibility index (Phi) is 5.36. The average Bonchev–Trinajstić information content (AvgIpc) is 2.27. The van der Waals surface area contributed by atoms with Gasteiger partial charge in [0.2, 0.25) is 0 Å². The van der Waals surface area contributed by atoms with Gasteiger partial charge in [-0.05, 0) is 24.1 Å². The Bertz CT molecular complexity index is 308. The van der Waals surface area contributed by atoms with Gasteiger partial charge >= 0.3 is 5.97 Å². The molecule has 3 nitrogen and oxygen atoms in total. The highest BCUT2D eigenvalue weighted by Crippen LogP contribution is 2.13. The second-order valence-corrected chi connectivity index (χ2v) is 3.86. The third-order valence-corrected chi connectivity index (χ3v) is 2.41.